The molecule has 0 saturated heterocycles. The number of carboxylic acid groups (broad SMARTS) is 1. The van der Waals surface area contributed by atoms with E-state index in [1.54, 1.807) is 6.92 Å². The molecular formula is C9H18O3. The zero-order valence-corrected chi connectivity index (χ0v) is 7.79. The Hall–Kier alpha value is -0.570. The highest BCUT2D eigenvalue weighted by Crippen LogP contribution is 2.11. The third-order valence-electron chi connectivity index (χ3n) is 2.07. The molecule has 0 unspecified atom stereocenters. The fourth-order valence-corrected chi connectivity index (χ4v) is 1.02. The van der Waals surface area contributed by atoms with Gasteiger partial charge in [-0.25, -0.2) is 0 Å². The molecule has 0 aliphatic heterocycles. The van der Waals surface area contributed by atoms with Gasteiger partial charge in [0.15, 0.2) is 0 Å². The Bertz CT molecular complexity index is 134. The molecule has 0 rings (SSSR count). The second-order valence-corrected chi connectivity index (χ2v) is 3.19. The molecule has 0 aliphatic carbocycles. The zero-order valence-electron chi connectivity index (χ0n) is 7.79. The van der Waals surface area contributed by atoms with Crippen LogP contribution in [0.15, 0.2) is 0 Å². The zero-order chi connectivity index (χ0) is 9.56. The summed E-state index contributed by atoms with van der Waals surface area (Å²) in [7, 11) is 0. The van der Waals surface area contributed by atoms with E-state index in [9.17, 15) is 9.90 Å². The number of hydrogen-bond donors (Lipinski definition) is 2. The second-order valence-electron chi connectivity index (χ2n) is 3.19. The molecule has 72 valence electrons. The van der Waals surface area contributed by atoms with Crippen molar-refractivity contribution in [2.45, 2.75) is 45.6 Å². The van der Waals surface area contributed by atoms with Crippen molar-refractivity contribution in [1.82, 2.24) is 0 Å². The minimum Gasteiger partial charge on any atom is -0.481 e. The summed E-state index contributed by atoms with van der Waals surface area (Å²) in [5.74, 6) is -1.55. The van der Waals surface area contributed by atoms with Crippen LogP contribution in [-0.4, -0.2) is 22.3 Å². The first-order chi connectivity index (χ1) is 5.59. The topological polar surface area (TPSA) is 57.5 Å². The van der Waals surface area contributed by atoms with E-state index in [0.717, 1.165) is 19.3 Å². The molecule has 0 amide bonds. The van der Waals surface area contributed by atoms with Crippen LogP contribution in [0.5, 0.6) is 0 Å². The molecule has 0 fully saturated rings. The molecule has 0 aromatic rings. The van der Waals surface area contributed by atoms with E-state index in [-0.39, 0.29) is 0 Å². The minimum atomic E-state index is -0.918. The van der Waals surface area contributed by atoms with Gasteiger partial charge in [-0.05, 0) is 13.3 Å². The number of carbonyl (C=O) groups is 1. The van der Waals surface area contributed by atoms with Gasteiger partial charge in [0, 0.05) is 0 Å². The lowest BCUT2D eigenvalue weighted by atomic mass is 9.99. The van der Waals surface area contributed by atoms with E-state index in [1.165, 1.54) is 0 Å². The Labute approximate surface area is 73.4 Å². The monoisotopic (exact) mass is 174 g/mol. The Morgan fingerprint density at radius 1 is 1.42 bits per heavy atom. The number of aliphatic hydroxyl groups is 1. The molecule has 2 atom stereocenters. The molecule has 0 radical (unpaired) electrons. The summed E-state index contributed by atoms with van der Waals surface area (Å²) in [5, 5.41) is 17.9. The van der Waals surface area contributed by atoms with Crippen LogP contribution in [-0.2, 0) is 4.79 Å². The first-order valence-corrected chi connectivity index (χ1v) is 4.50. The van der Waals surface area contributed by atoms with E-state index in [0.29, 0.717) is 6.42 Å². The Kier molecular flexibility index (Phi) is 5.72. The van der Waals surface area contributed by atoms with E-state index in [1.807, 2.05) is 0 Å². The smallest absolute Gasteiger partial charge is 0.308 e. The molecule has 0 aliphatic rings. The first kappa shape index (κ1) is 11.4. The number of unbranched alkanes of at least 4 members (excludes halogenated alkanes) is 2. The number of hydrogen-bond acceptors (Lipinski definition) is 2. The quantitative estimate of drug-likeness (QED) is 0.602. The van der Waals surface area contributed by atoms with Crippen molar-refractivity contribution in [2.24, 2.45) is 5.92 Å². The van der Waals surface area contributed by atoms with Gasteiger partial charge in [0.2, 0.25) is 0 Å². The summed E-state index contributed by atoms with van der Waals surface area (Å²) in [4.78, 5) is 10.4. The normalized spacial score (nSPS) is 15.6. The summed E-state index contributed by atoms with van der Waals surface area (Å²) in [5.41, 5.74) is 0. The summed E-state index contributed by atoms with van der Waals surface area (Å²) in [6.07, 6.45) is 2.97. The number of aliphatic hydroxyl groups excluding tert-OH is 1. The largest absolute Gasteiger partial charge is 0.481 e. The van der Waals surface area contributed by atoms with Gasteiger partial charge in [0.05, 0.1) is 12.0 Å². The summed E-state index contributed by atoms with van der Waals surface area (Å²) in [6.45, 7) is 3.62. The average molecular weight is 174 g/mol. The molecule has 0 spiro atoms. The SMILES string of the molecule is CCCCC[C@H](O)[C@@H](C)C(=O)O. The van der Waals surface area contributed by atoms with Crippen LogP contribution in [0.25, 0.3) is 0 Å². The fourth-order valence-electron chi connectivity index (χ4n) is 1.02. The molecule has 3 heteroatoms. The summed E-state index contributed by atoms with van der Waals surface area (Å²) >= 11 is 0. The Morgan fingerprint density at radius 2 is 2.00 bits per heavy atom. The second kappa shape index (κ2) is 6.00. The first-order valence-electron chi connectivity index (χ1n) is 4.50. The molecule has 0 saturated carbocycles. The van der Waals surface area contributed by atoms with Crippen molar-refractivity contribution in [3.63, 3.8) is 0 Å². The Balaban J connectivity index is 3.56. The van der Waals surface area contributed by atoms with Crippen molar-refractivity contribution < 1.29 is 15.0 Å². The van der Waals surface area contributed by atoms with Gasteiger partial charge in [0.25, 0.3) is 0 Å². The maximum Gasteiger partial charge on any atom is 0.308 e. The number of aliphatic carboxylic acids is 1. The lowest BCUT2D eigenvalue weighted by molar-refractivity contribution is -0.144. The summed E-state index contributed by atoms with van der Waals surface area (Å²) in [6, 6.07) is 0. The van der Waals surface area contributed by atoms with Gasteiger partial charge in [-0.15, -0.1) is 0 Å². The van der Waals surface area contributed by atoms with Crippen molar-refractivity contribution in [2.75, 3.05) is 0 Å². The van der Waals surface area contributed by atoms with Crippen LogP contribution in [0.4, 0.5) is 0 Å². The molecular weight excluding hydrogens is 156 g/mol. The van der Waals surface area contributed by atoms with Gasteiger partial charge in [0.1, 0.15) is 0 Å². The van der Waals surface area contributed by atoms with Gasteiger partial charge < -0.3 is 10.2 Å². The molecule has 0 bridgehead atoms. The molecule has 0 aromatic carbocycles. The number of rotatable bonds is 6. The van der Waals surface area contributed by atoms with Crippen molar-refractivity contribution in [3.05, 3.63) is 0 Å². The van der Waals surface area contributed by atoms with Crippen LogP contribution in [0.2, 0.25) is 0 Å². The molecule has 3 nitrogen and oxygen atoms in total. The predicted octanol–water partition coefficient (Wildman–Crippen LogP) is 1.65. The summed E-state index contributed by atoms with van der Waals surface area (Å²) < 4.78 is 0. The van der Waals surface area contributed by atoms with Crippen molar-refractivity contribution in [1.29, 1.82) is 0 Å². The van der Waals surface area contributed by atoms with Gasteiger partial charge >= 0.3 is 5.97 Å². The van der Waals surface area contributed by atoms with Crippen molar-refractivity contribution >= 4 is 5.97 Å². The van der Waals surface area contributed by atoms with Crippen LogP contribution in [0.3, 0.4) is 0 Å². The molecule has 12 heavy (non-hydrogen) atoms. The fraction of sp³-hybridized carbons (Fsp3) is 0.889. The molecule has 0 heterocycles. The lowest BCUT2D eigenvalue weighted by Gasteiger charge is -2.13. The third-order valence-corrected chi connectivity index (χ3v) is 2.07. The standard InChI is InChI=1S/C9H18O3/c1-3-4-5-6-8(10)7(2)9(11)12/h7-8,10H,3-6H2,1-2H3,(H,11,12)/t7-,8+/m1/s1. The van der Waals surface area contributed by atoms with Gasteiger partial charge in [-0.3, -0.25) is 4.79 Å². The van der Waals surface area contributed by atoms with Crippen LogP contribution >= 0.6 is 0 Å². The minimum absolute atomic E-state index is 0.599. The van der Waals surface area contributed by atoms with E-state index in [4.69, 9.17) is 5.11 Å². The maximum absolute atomic E-state index is 10.4. The lowest BCUT2D eigenvalue weighted by Crippen LogP contribution is -2.25. The molecule has 0 aromatic heterocycles. The third kappa shape index (κ3) is 4.34. The average Bonchev–Trinajstić information content (AvgIpc) is 2.03. The van der Waals surface area contributed by atoms with Crippen LogP contribution < -0.4 is 0 Å². The van der Waals surface area contributed by atoms with Crippen LogP contribution in [0, 0.1) is 5.92 Å². The van der Waals surface area contributed by atoms with Crippen molar-refractivity contribution in [3.8, 4) is 0 Å². The Morgan fingerprint density at radius 3 is 2.42 bits per heavy atom. The van der Waals surface area contributed by atoms with Gasteiger partial charge in [-0.2, -0.15) is 0 Å². The predicted molar refractivity (Wildman–Crippen MR) is 46.9 cm³/mol. The van der Waals surface area contributed by atoms with Gasteiger partial charge in [-0.1, -0.05) is 26.2 Å². The number of carboxylic acids is 1. The van der Waals surface area contributed by atoms with E-state index >= 15 is 0 Å². The maximum atomic E-state index is 10.4. The van der Waals surface area contributed by atoms with E-state index in [2.05, 4.69) is 6.92 Å². The highest BCUT2D eigenvalue weighted by atomic mass is 16.4. The molecule has 2 N–H and O–H groups in total. The highest BCUT2D eigenvalue weighted by Gasteiger charge is 2.20. The van der Waals surface area contributed by atoms with Crippen LogP contribution in [0.1, 0.15) is 39.5 Å². The van der Waals surface area contributed by atoms with E-state index < -0.39 is 18.0 Å². The highest BCUT2D eigenvalue weighted by molar-refractivity contribution is 5.70.